The van der Waals surface area contributed by atoms with Crippen LogP contribution >= 0.6 is 0 Å². The summed E-state index contributed by atoms with van der Waals surface area (Å²) < 4.78 is 27.5. The number of aryl methyl sites for hydroxylation is 1. The van der Waals surface area contributed by atoms with E-state index in [9.17, 15) is 22.8 Å². The molecule has 0 aromatic carbocycles. The van der Waals surface area contributed by atoms with E-state index in [0.29, 0.717) is 4.57 Å². The highest BCUT2D eigenvalue weighted by molar-refractivity contribution is 7.89. The van der Waals surface area contributed by atoms with Crippen LogP contribution in [0.1, 0.15) is 6.42 Å². The van der Waals surface area contributed by atoms with E-state index in [1.807, 2.05) is 4.72 Å². The summed E-state index contributed by atoms with van der Waals surface area (Å²) in [5, 5.41) is 17.5. The summed E-state index contributed by atoms with van der Waals surface area (Å²) in [4.78, 5) is 33.0. The minimum atomic E-state index is -4.22. The molecule has 118 valence electrons. The second-order valence-electron chi connectivity index (χ2n) is 4.29. The van der Waals surface area contributed by atoms with Gasteiger partial charge in [-0.2, -0.15) is 0 Å². The number of aromatic nitrogens is 2. The molecule has 0 amide bonds. The molecular formula is C10H15N3O7S. The fourth-order valence-corrected chi connectivity index (χ4v) is 2.70. The Morgan fingerprint density at radius 2 is 1.95 bits per heavy atom. The van der Waals surface area contributed by atoms with Crippen molar-refractivity contribution in [2.24, 2.45) is 14.1 Å². The molecule has 1 aromatic rings. The molecular weight excluding hydrogens is 306 g/mol. The first-order chi connectivity index (χ1) is 9.58. The van der Waals surface area contributed by atoms with Crippen molar-refractivity contribution in [3.8, 4) is 0 Å². The Labute approximate surface area is 119 Å². The molecule has 0 saturated carbocycles. The van der Waals surface area contributed by atoms with Crippen molar-refractivity contribution in [3.05, 3.63) is 27.0 Å². The summed E-state index contributed by atoms with van der Waals surface area (Å²) in [6, 6.07) is 0. The molecule has 10 nitrogen and oxygen atoms in total. The maximum Gasteiger partial charge on any atom is 0.332 e. The van der Waals surface area contributed by atoms with Crippen molar-refractivity contribution in [1.82, 2.24) is 13.9 Å². The Morgan fingerprint density at radius 1 is 1.38 bits per heavy atom. The third kappa shape index (κ3) is 3.77. The number of nitrogens with one attached hydrogen (secondary N) is 1. The molecule has 21 heavy (non-hydrogen) atoms. The molecule has 1 atom stereocenters. The predicted molar refractivity (Wildman–Crippen MR) is 70.4 cm³/mol. The molecule has 11 heteroatoms. The van der Waals surface area contributed by atoms with Gasteiger partial charge < -0.3 is 14.8 Å². The van der Waals surface area contributed by atoms with E-state index >= 15 is 0 Å². The highest BCUT2D eigenvalue weighted by Crippen LogP contribution is 2.00. The number of carbonyl (C=O) groups is 1. The maximum absolute atomic E-state index is 12.0. The van der Waals surface area contributed by atoms with Crippen LogP contribution in [0.5, 0.6) is 0 Å². The van der Waals surface area contributed by atoms with Gasteiger partial charge in [0.2, 0.25) is 10.0 Å². The zero-order chi connectivity index (χ0) is 16.4. The van der Waals surface area contributed by atoms with Crippen molar-refractivity contribution >= 4 is 16.0 Å². The van der Waals surface area contributed by atoms with Crippen LogP contribution in [0, 0.1) is 0 Å². The number of carboxylic acids is 1. The van der Waals surface area contributed by atoms with Gasteiger partial charge in [-0.3, -0.25) is 9.36 Å². The molecule has 1 rings (SSSR count). The van der Waals surface area contributed by atoms with Gasteiger partial charge in [-0.1, -0.05) is 0 Å². The number of rotatable bonds is 6. The van der Waals surface area contributed by atoms with Crippen molar-refractivity contribution in [2.45, 2.75) is 17.4 Å². The minimum absolute atomic E-state index is 0.360. The molecule has 0 saturated heterocycles. The second-order valence-corrected chi connectivity index (χ2v) is 6.03. The number of hydrogen-bond donors (Lipinski definition) is 3. The van der Waals surface area contributed by atoms with Gasteiger partial charge >= 0.3 is 11.7 Å². The van der Waals surface area contributed by atoms with Crippen LogP contribution in [0.2, 0.25) is 0 Å². The normalized spacial score (nSPS) is 13.1. The highest BCUT2D eigenvalue weighted by Gasteiger charge is 2.22. The molecule has 1 heterocycles. The van der Waals surface area contributed by atoms with E-state index in [2.05, 4.69) is 0 Å². The van der Waals surface area contributed by atoms with Gasteiger partial charge in [0.1, 0.15) is 0 Å². The lowest BCUT2D eigenvalue weighted by Crippen LogP contribution is -2.42. The van der Waals surface area contributed by atoms with Crippen molar-refractivity contribution in [2.75, 3.05) is 6.54 Å². The average molecular weight is 321 g/mol. The van der Waals surface area contributed by atoms with Crippen LogP contribution in [-0.2, 0) is 28.9 Å². The van der Waals surface area contributed by atoms with Crippen LogP contribution in [0.4, 0.5) is 0 Å². The summed E-state index contributed by atoms with van der Waals surface area (Å²) in [5.41, 5.74) is -1.68. The molecule has 0 fully saturated rings. The lowest BCUT2D eigenvalue weighted by molar-refractivity contribution is -0.146. The smallest absolute Gasteiger partial charge is 0.332 e. The number of sulfonamides is 1. The number of carboxylic acid groups (broad SMARTS) is 1. The zero-order valence-electron chi connectivity index (χ0n) is 11.3. The molecule has 0 aliphatic heterocycles. The third-order valence-corrected chi connectivity index (χ3v) is 4.14. The summed E-state index contributed by atoms with van der Waals surface area (Å²) in [6.45, 7) is -0.373. The summed E-state index contributed by atoms with van der Waals surface area (Å²) in [5.74, 6) is -1.48. The molecule has 0 unspecified atom stereocenters. The lowest BCUT2D eigenvalue weighted by Gasteiger charge is -2.10. The van der Waals surface area contributed by atoms with Gasteiger partial charge in [0, 0.05) is 26.8 Å². The van der Waals surface area contributed by atoms with Gasteiger partial charge in [0.25, 0.3) is 5.56 Å². The lowest BCUT2D eigenvalue weighted by atomic mass is 10.3. The van der Waals surface area contributed by atoms with Crippen LogP contribution < -0.4 is 16.0 Å². The van der Waals surface area contributed by atoms with E-state index < -0.39 is 38.2 Å². The van der Waals surface area contributed by atoms with Crippen LogP contribution in [0.3, 0.4) is 0 Å². The van der Waals surface area contributed by atoms with Crippen LogP contribution in [0.15, 0.2) is 20.7 Å². The summed E-state index contributed by atoms with van der Waals surface area (Å²) in [7, 11) is -1.80. The number of hydrogen-bond acceptors (Lipinski definition) is 6. The maximum atomic E-state index is 12.0. The first-order valence-electron chi connectivity index (χ1n) is 5.75. The van der Waals surface area contributed by atoms with E-state index in [4.69, 9.17) is 10.2 Å². The first kappa shape index (κ1) is 17.1. The monoisotopic (exact) mass is 321 g/mol. The Morgan fingerprint density at radius 3 is 2.48 bits per heavy atom. The van der Waals surface area contributed by atoms with Crippen LogP contribution in [0.25, 0.3) is 0 Å². The third-order valence-electron chi connectivity index (χ3n) is 2.70. The number of aliphatic hydroxyl groups is 1. The van der Waals surface area contributed by atoms with E-state index in [-0.39, 0.29) is 13.0 Å². The molecule has 0 bridgehead atoms. The predicted octanol–water partition coefficient (Wildman–Crippen LogP) is -2.80. The molecule has 0 spiro atoms. The highest BCUT2D eigenvalue weighted by atomic mass is 32.2. The standard InChI is InChI=1S/C10H15N3O7S/c1-12-5-7(8(15)13(2)10(12)18)21(19,20)11-4-3-6(14)9(16)17/h5-6,11,14H,3-4H2,1-2H3,(H,16,17)/t6-/m0/s1. The number of aliphatic carboxylic acids is 1. The van der Waals surface area contributed by atoms with Crippen molar-refractivity contribution in [3.63, 3.8) is 0 Å². The summed E-state index contributed by atoms with van der Waals surface area (Å²) in [6.07, 6.45) is -1.20. The summed E-state index contributed by atoms with van der Waals surface area (Å²) >= 11 is 0. The average Bonchev–Trinajstić information content (AvgIpc) is 2.39. The Hall–Kier alpha value is -1.98. The molecule has 0 radical (unpaired) electrons. The van der Waals surface area contributed by atoms with Crippen LogP contribution in [-0.4, -0.2) is 46.4 Å². The molecule has 1 aromatic heterocycles. The minimum Gasteiger partial charge on any atom is -0.479 e. The van der Waals surface area contributed by atoms with Crippen molar-refractivity contribution in [1.29, 1.82) is 0 Å². The number of aliphatic hydroxyl groups excluding tert-OH is 1. The Bertz CT molecular complexity index is 762. The van der Waals surface area contributed by atoms with Crippen molar-refractivity contribution < 1.29 is 23.4 Å². The Kier molecular flexibility index (Phi) is 5.04. The van der Waals surface area contributed by atoms with E-state index in [1.165, 1.54) is 7.05 Å². The van der Waals surface area contributed by atoms with Gasteiger partial charge in [-0.25, -0.2) is 22.7 Å². The first-order valence-corrected chi connectivity index (χ1v) is 7.23. The van der Waals surface area contributed by atoms with E-state index in [0.717, 1.165) is 17.8 Å². The fraction of sp³-hybridized carbons (Fsp3) is 0.500. The van der Waals surface area contributed by atoms with Gasteiger partial charge in [0.05, 0.1) is 0 Å². The second kappa shape index (κ2) is 6.20. The topological polar surface area (TPSA) is 148 Å². The molecule has 3 N–H and O–H groups in total. The molecule has 0 aliphatic carbocycles. The quantitative estimate of drug-likeness (QED) is 0.512. The SMILES string of the molecule is Cn1cc(S(=O)(=O)NCC[C@H](O)C(=O)O)c(=O)n(C)c1=O. The Balaban J connectivity index is 3.03. The van der Waals surface area contributed by atoms with Gasteiger partial charge in [-0.15, -0.1) is 0 Å². The van der Waals surface area contributed by atoms with Gasteiger partial charge in [-0.05, 0) is 6.42 Å². The largest absolute Gasteiger partial charge is 0.479 e. The molecule has 0 aliphatic rings. The van der Waals surface area contributed by atoms with Gasteiger partial charge in [0.15, 0.2) is 11.0 Å². The number of nitrogens with zero attached hydrogens (tertiary/aromatic N) is 2. The fourth-order valence-electron chi connectivity index (χ4n) is 1.49. The van der Waals surface area contributed by atoms with E-state index in [1.54, 1.807) is 0 Å². The zero-order valence-corrected chi connectivity index (χ0v) is 12.1.